The van der Waals surface area contributed by atoms with Crippen molar-refractivity contribution >= 4 is 17.5 Å². The number of allylic oxidation sites excluding steroid dienone is 2. The Bertz CT molecular complexity index is 1420. The molecule has 3 unspecified atom stereocenters. The number of nitrogens with zero attached hydrogens (tertiary/aromatic N) is 2. The van der Waals surface area contributed by atoms with E-state index < -0.39 is 47.7 Å². The molecule has 216 valence electrons. The quantitative estimate of drug-likeness (QED) is 0.281. The molecule has 1 amide bonds. The Morgan fingerprint density at radius 2 is 1.71 bits per heavy atom. The Kier molecular flexibility index (Phi) is 9.11. The molecular formula is C26H18ClF6N3O5. The zero-order valence-corrected chi connectivity index (χ0v) is 21.5. The molecule has 3 rings (SSSR count). The Morgan fingerprint density at radius 1 is 1.02 bits per heavy atom. The lowest BCUT2D eigenvalue weighted by Crippen LogP contribution is -2.49. The van der Waals surface area contributed by atoms with Crippen LogP contribution in [0.1, 0.15) is 22.8 Å². The largest absolute Gasteiger partial charge is 0.573 e. The van der Waals surface area contributed by atoms with E-state index in [1.807, 2.05) is 12.1 Å². The molecule has 0 spiro atoms. The molecule has 41 heavy (non-hydrogen) atoms. The number of carbonyl (C=O) groups excluding carboxylic acids is 1. The highest BCUT2D eigenvalue weighted by atomic mass is 35.5. The van der Waals surface area contributed by atoms with Gasteiger partial charge < -0.3 is 19.5 Å². The second-order valence-corrected chi connectivity index (χ2v) is 9.15. The van der Waals surface area contributed by atoms with Crippen LogP contribution < -0.4 is 19.5 Å². The molecule has 0 aliphatic heterocycles. The van der Waals surface area contributed by atoms with Crippen LogP contribution in [0.15, 0.2) is 66.8 Å². The molecule has 3 atom stereocenters. The van der Waals surface area contributed by atoms with E-state index in [0.29, 0.717) is 0 Å². The van der Waals surface area contributed by atoms with E-state index in [2.05, 4.69) is 14.8 Å². The second-order valence-electron chi connectivity index (χ2n) is 8.56. The van der Waals surface area contributed by atoms with E-state index in [1.54, 1.807) is 0 Å². The minimum atomic E-state index is -5.11. The van der Waals surface area contributed by atoms with Gasteiger partial charge in [0.05, 0.1) is 17.7 Å². The van der Waals surface area contributed by atoms with Crippen molar-refractivity contribution in [3.63, 3.8) is 0 Å². The normalized spacial score (nSPS) is 19.8. The third-order valence-electron chi connectivity index (χ3n) is 5.21. The highest BCUT2D eigenvalue weighted by Crippen LogP contribution is 2.39. The molecular weight excluding hydrogens is 584 g/mol. The smallest absolute Gasteiger partial charge is 0.486 e. The van der Waals surface area contributed by atoms with Gasteiger partial charge in [0.15, 0.2) is 23.1 Å². The number of hydrogen-bond donors (Lipinski definition) is 1. The van der Waals surface area contributed by atoms with Gasteiger partial charge in [-0.05, 0) is 55.5 Å². The molecule has 0 aromatic heterocycles. The summed E-state index contributed by atoms with van der Waals surface area (Å²) in [5.74, 6) is -1.75. The van der Waals surface area contributed by atoms with E-state index in [1.165, 1.54) is 43.4 Å². The molecule has 1 aliphatic carbocycles. The van der Waals surface area contributed by atoms with Gasteiger partial charge in [0.2, 0.25) is 5.06 Å². The summed E-state index contributed by atoms with van der Waals surface area (Å²) in [6, 6.07) is 11.3. The number of benzene rings is 2. The summed E-state index contributed by atoms with van der Waals surface area (Å²) >= 11 is 6.06. The van der Waals surface area contributed by atoms with E-state index >= 15 is 0 Å². The maximum absolute atomic E-state index is 13.0. The SMILES string of the molecule is CC(C#N)(COc1cc(C#N)ccc1OC1C=CC=CC1(Cl)OC(F)(F)F)NC(=O)c1ccc(OC(F)(F)F)cc1. The predicted molar refractivity (Wildman–Crippen MR) is 130 cm³/mol. The van der Waals surface area contributed by atoms with Gasteiger partial charge in [0.25, 0.3) is 5.91 Å². The maximum Gasteiger partial charge on any atom is 0.573 e. The molecule has 0 fully saturated rings. The lowest BCUT2D eigenvalue weighted by atomic mass is 10.0. The lowest BCUT2D eigenvalue weighted by molar-refractivity contribution is -0.350. The summed E-state index contributed by atoms with van der Waals surface area (Å²) in [6.45, 7) is 0.720. The first-order chi connectivity index (χ1) is 19.0. The van der Waals surface area contributed by atoms with E-state index in [0.717, 1.165) is 30.3 Å². The van der Waals surface area contributed by atoms with Crippen molar-refractivity contribution in [3.05, 3.63) is 77.9 Å². The zero-order valence-electron chi connectivity index (χ0n) is 20.7. The number of nitriles is 2. The molecule has 0 radical (unpaired) electrons. The molecule has 2 aromatic rings. The topological polar surface area (TPSA) is 114 Å². The average molecular weight is 602 g/mol. The van der Waals surface area contributed by atoms with Gasteiger partial charge >= 0.3 is 12.7 Å². The first kappa shape index (κ1) is 31.1. The molecule has 1 aliphatic rings. The Hall–Kier alpha value is -4.40. The summed E-state index contributed by atoms with van der Waals surface area (Å²) in [6.07, 6.45) is -6.82. The van der Waals surface area contributed by atoms with Crippen molar-refractivity contribution < 1.29 is 50.1 Å². The fourth-order valence-corrected chi connectivity index (χ4v) is 3.62. The van der Waals surface area contributed by atoms with Crippen LogP contribution in [0.25, 0.3) is 0 Å². The average Bonchev–Trinajstić information content (AvgIpc) is 2.87. The predicted octanol–water partition coefficient (Wildman–Crippen LogP) is 5.89. The van der Waals surface area contributed by atoms with Crippen molar-refractivity contribution in [2.75, 3.05) is 6.61 Å². The molecule has 2 aromatic carbocycles. The van der Waals surface area contributed by atoms with Crippen molar-refractivity contribution in [3.8, 4) is 29.4 Å². The van der Waals surface area contributed by atoms with E-state index in [4.69, 9.17) is 21.1 Å². The molecule has 8 nitrogen and oxygen atoms in total. The standard InChI is InChI=1S/C26H18ClF6N3O5/c1-23(14-35,36-22(37)17-6-8-18(9-7-17)40-25(28,29)30)15-38-20-12-16(13-34)5-10-19(20)39-21-4-2-3-11-24(21,27)41-26(31,32)33/h2-12,21H,15H2,1H3,(H,36,37). The highest BCUT2D eigenvalue weighted by Gasteiger charge is 2.47. The van der Waals surface area contributed by atoms with Crippen LogP contribution in [0.4, 0.5) is 26.3 Å². The van der Waals surface area contributed by atoms with Gasteiger partial charge in [-0.15, -0.1) is 26.3 Å². The maximum atomic E-state index is 13.0. The number of ether oxygens (including phenoxy) is 4. The Labute approximate surface area is 233 Å². The number of halogens is 7. The summed E-state index contributed by atoms with van der Waals surface area (Å²) in [7, 11) is 0. The molecule has 0 heterocycles. The number of nitrogens with one attached hydrogen (secondary N) is 1. The third-order valence-corrected chi connectivity index (χ3v) is 5.63. The van der Waals surface area contributed by atoms with Crippen LogP contribution in [0, 0.1) is 22.7 Å². The number of carbonyl (C=O) groups is 1. The first-order valence-corrected chi connectivity index (χ1v) is 11.7. The van der Waals surface area contributed by atoms with Crippen molar-refractivity contribution in [1.29, 1.82) is 10.5 Å². The Balaban J connectivity index is 1.77. The fraction of sp³-hybridized carbons (Fsp3) is 0.269. The second kappa shape index (κ2) is 12.0. The van der Waals surface area contributed by atoms with Crippen LogP contribution in [-0.2, 0) is 4.74 Å². The number of hydrogen-bond acceptors (Lipinski definition) is 7. The minimum Gasteiger partial charge on any atom is -0.486 e. The summed E-state index contributed by atoms with van der Waals surface area (Å²) in [5.41, 5.74) is -1.77. The zero-order chi connectivity index (χ0) is 30.5. The molecule has 0 saturated carbocycles. The molecule has 0 saturated heterocycles. The van der Waals surface area contributed by atoms with Gasteiger partial charge in [-0.3, -0.25) is 9.53 Å². The molecule has 15 heteroatoms. The number of rotatable bonds is 9. The Morgan fingerprint density at radius 3 is 2.29 bits per heavy atom. The van der Waals surface area contributed by atoms with E-state index in [-0.39, 0.29) is 22.6 Å². The van der Waals surface area contributed by atoms with Crippen LogP contribution in [0.5, 0.6) is 17.2 Å². The van der Waals surface area contributed by atoms with Gasteiger partial charge in [0.1, 0.15) is 12.4 Å². The lowest BCUT2D eigenvalue weighted by Gasteiger charge is -2.33. The fourth-order valence-electron chi connectivity index (χ4n) is 3.34. The van der Waals surface area contributed by atoms with Gasteiger partial charge in [-0.2, -0.15) is 10.5 Å². The van der Waals surface area contributed by atoms with Crippen molar-refractivity contribution in [2.24, 2.45) is 0 Å². The molecule has 1 N–H and O–H groups in total. The van der Waals surface area contributed by atoms with E-state index in [9.17, 15) is 41.7 Å². The minimum absolute atomic E-state index is 0.0685. The van der Waals surface area contributed by atoms with Gasteiger partial charge in [0, 0.05) is 11.6 Å². The summed E-state index contributed by atoms with van der Waals surface area (Å²) in [4.78, 5) is 12.7. The van der Waals surface area contributed by atoms with Gasteiger partial charge in [-0.25, -0.2) is 0 Å². The third kappa shape index (κ3) is 8.79. The van der Waals surface area contributed by atoms with Gasteiger partial charge in [-0.1, -0.05) is 23.8 Å². The number of alkyl halides is 7. The number of amides is 1. The monoisotopic (exact) mass is 601 g/mol. The summed E-state index contributed by atoms with van der Waals surface area (Å²) < 4.78 is 95.1. The van der Waals surface area contributed by atoms with Crippen LogP contribution in [0.3, 0.4) is 0 Å². The van der Waals surface area contributed by atoms with Crippen molar-refractivity contribution in [2.45, 2.75) is 36.4 Å². The van der Waals surface area contributed by atoms with Crippen LogP contribution in [0.2, 0.25) is 0 Å². The highest BCUT2D eigenvalue weighted by molar-refractivity contribution is 6.25. The first-order valence-electron chi connectivity index (χ1n) is 11.3. The van der Waals surface area contributed by atoms with Crippen molar-refractivity contribution in [1.82, 2.24) is 5.32 Å². The van der Waals surface area contributed by atoms with Crippen LogP contribution >= 0.6 is 11.6 Å². The summed E-state index contributed by atoms with van der Waals surface area (Å²) in [5, 5.41) is 18.9. The van der Waals surface area contributed by atoms with Crippen LogP contribution in [-0.4, -0.2) is 41.9 Å². The molecule has 0 bridgehead atoms.